The molecule has 3 heterocycles. The predicted molar refractivity (Wildman–Crippen MR) is 145 cm³/mol. The van der Waals surface area contributed by atoms with E-state index < -0.39 is 0 Å². The summed E-state index contributed by atoms with van der Waals surface area (Å²) in [6.45, 7) is 8.32. The van der Waals surface area contributed by atoms with E-state index >= 15 is 0 Å². The molecule has 4 rings (SSSR count). The van der Waals surface area contributed by atoms with Gasteiger partial charge in [0, 0.05) is 28.9 Å². The molecule has 0 atom stereocenters. The largest absolute Gasteiger partial charge is 0.306 e. The topological polar surface area (TPSA) is 78.1 Å². The molecule has 0 radical (unpaired) electrons. The molecule has 8 nitrogen and oxygen atoms in total. The van der Waals surface area contributed by atoms with Gasteiger partial charge in [0.25, 0.3) is 5.91 Å². The molecule has 2 aliphatic heterocycles. The first-order chi connectivity index (χ1) is 16.8. The molecule has 1 aromatic carbocycles. The number of aromatic nitrogens is 2. The van der Waals surface area contributed by atoms with Gasteiger partial charge in [0.2, 0.25) is 0 Å². The van der Waals surface area contributed by atoms with E-state index in [0.717, 1.165) is 41.8 Å². The maximum absolute atomic E-state index is 13.4. The fourth-order valence-corrected chi connectivity index (χ4v) is 4.52. The number of amides is 1. The minimum absolute atomic E-state index is 0.253. The van der Waals surface area contributed by atoms with Crippen molar-refractivity contribution in [2.75, 3.05) is 32.0 Å². The summed E-state index contributed by atoms with van der Waals surface area (Å²) in [5.74, 6) is 0.765. The highest BCUT2D eigenvalue weighted by atomic mass is 79.9. The van der Waals surface area contributed by atoms with E-state index in [9.17, 15) is 4.79 Å². The van der Waals surface area contributed by atoms with Crippen molar-refractivity contribution in [3.63, 3.8) is 0 Å². The number of nitrogens with zero attached hydrogens (tertiary/aromatic N) is 6. The predicted octanol–water partition coefficient (Wildman–Crippen LogP) is 4.83. The molecular weight excluding hydrogens is 506 g/mol. The van der Waals surface area contributed by atoms with Crippen molar-refractivity contribution in [2.24, 2.45) is 10.1 Å². The zero-order valence-electron chi connectivity index (χ0n) is 20.7. The van der Waals surface area contributed by atoms with Gasteiger partial charge in [-0.05, 0) is 65.9 Å². The number of aryl methyl sites for hydroxylation is 1. The number of carbonyl (C=O) groups excluding carboxylic acids is 1. The molecule has 35 heavy (non-hydrogen) atoms. The van der Waals surface area contributed by atoms with Crippen molar-refractivity contribution in [2.45, 2.75) is 39.5 Å². The van der Waals surface area contributed by atoms with E-state index in [-0.39, 0.29) is 5.91 Å². The summed E-state index contributed by atoms with van der Waals surface area (Å²) >= 11 is 3.43. The molecule has 1 amide bonds. The first kappa shape index (κ1) is 25.1. The summed E-state index contributed by atoms with van der Waals surface area (Å²) in [5.41, 5.74) is 4.19. The zero-order valence-corrected chi connectivity index (χ0v) is 22.3. The van der Waals surface area contributed by atoms with Crippen LogP contribution in [0.4, 0.5) is 5.82 Å². The number of benzene rings is 1. The third kappa shape index (κ3) is 6.15. The molecule has 1 fully saturated rings. The number of piperidine rings is 1. The molecule has 1 N–H and O–H groups in total. The summed E-state index contributed by atoms with van der Waals surface area (Å²) in [6.07, 6.45) is 7.23. The van der Waals surface area contributed by atoms with Gasteiger partial charge in [-0.25, -0.2) is 4.68 Å². The van der Waals surface area contributed by atoms with Crippen LogP contribution in [0.5, 0.6) is 0 Å². The van der Waals surface area contributed by atoms with Crippen LogP contribution in [0, 0.1) is 6.92 Å². The van der Waals surface area contributed by atoms with Gasteiger partial charge in [-0.3, -0.25) is 14.8 Å². The lowest BCUT2D eigenvalue weighted by molar-refractivity contribution is -0.112. The Kier molecular flexibility index (Phi) is 7.97. The summed E-state index contributed by atoms with van der Waals surface area (Å²) in [4.78, 5) is 20.2. The highest BCUT2D eigenvalue weighted by molar-refractivity contribution is 9.11. The standard InChI is InChI=1S/C26H32BrN7O/c1-5-28-24-17-33(16-19(3)27)29-15-22(24)26(35)30-25-14-23(20-10-12-32(4)13-11-20)31-34(25)21-8-6-18(2)7-9-21/h5-9,14-16,20H,10-13,17H2,1-4H3,(H,30,35)/b19-16+,28-5?. The number of aliphatic imine (C=N–C) groups is 1. The molecule has 0 bridgehead atoms. The normalized spacial score (nSPS) is 18.1. The van der Waals surface area contributed by atoms with Gasteiger partial charge in [0.05, 0.1) is 35.4 Å². The minimum atomic E-state index is -0.253. The number of halogens is 1. The van der Waals surface area contributed by atoms with E-state index in [1.165, 1.54) is 5.56 Å². The van der Waals surface area contributed by atoms with E-state index in [2.05, 4.69) is 62.3 Å². The molecule has 0 aliphatic carbocycles. The van der Waals surface area contributed by atoms with Crippen molar-refractivity contribution in [3.05, 3.63) is 63.5 Å². The van der Waals surface area contributed by atoms with Crippen molar-refractivity contribution in [3.8, 4) is 5.69 Å². The molecule has 0 unspecified atom stereocenters. The second-order valence-electron chi connectivity index (χ2n) is 9.04. The van der Waals surface area contributed by atoms with Gasteiger partial charge in [-0.15, -0.1) is 0 Å². The highest BCUT2D eigenvalue weighted by Crippen LogP contribution is 2.30. The Labute approximate surface area is 215 Å². The second kappa shape index (κ2) is 11.1. The average molecular weight is 538 g/mol. The van der Waals surface area contributed by atoms with E-state index in [0.29, 0.717) is 29.6 Å². The van der Waals surface area contributed by atoms with Crippen LogP contribution >= 0.6 is 15.9 Å². The van der Waals surface area contributed by atoms with Gasteiger partial charge in [0.1, 0.15) is 5.82 Å². The van der Waals surface area contributed by atoms with Crippen LogP contribution in [0.15, 0.2) is 62.4 Å². The van der Waals surface area contributed by atoms with Crippen LogP contribution in [0.25, 0.3) is 5.69 Å². The summed E-state index contributed by atoms with van der Waals surface area (Å²) < 4.78 is 2.77. The Balaban J connectivity index is 1.65. The van der Waals surface area contributed by atoms with Gasteiger partial charge < -0.3 is 10.2 Å². The Morgan fingerprint density at radius 1 is 1.23 bits per heavy atom. The van der Waals surface area contributed by atoms with Crippen molar-refractivity contribution in [1.29, 1.82) is 0 Å². The number of nitrogens with one attached hydrogen (secondary N) is 1. The van der Waals surface area contributed by atoms with E-state index in [1.54, 1.807) is 17.4 Å². The van der Waals surface area contributed by atoms with Gasteiger partial charge in [0.15, 0.2) is 0 Å². The lowest BCUT2D eigenvalue weighted by Crippen LogP contribution is -2.29. The zero-order chi connectivity index (χ0) is 24.9. The van der Waals surface area contributed by atoms with Crippen LogP contribution in [-0.2, 0) is 4.79 Å². The number of allylic oxidation sites excluding steroid dienone is 1. The fourth-order valence-electron chi connectivity index (χ4n) is 4.28. The molecule has 1 aromatic heterocycles. The first-order valence-corrected chi connectivity index (χ1v) is 12.7. The minimum Gasteiger partial charge on any atom is -0.306 e. The quantitative estimate of drug-likeness (QED) is 0.535. The first-order valence-electron chi connectivity index (χ1n) is 11.9. The lowest BCUT2D eigenvalue weighted by Gasteiger charge is -2.27. The number of hydrogen-bond acceptors (Lipinski definition) is 6. The van der Waals surface area contributed by atoms with E-state index in [4.69, 9.17) is 5.10 Å². The molecular formula is C26H32BrN7O. The van der Waals surface area contributed by atoms with Crippen LogP contribution < -0.4 is 5.32 Å². The number of carbonyl (C=O) groups is 1. The molecule has 1 saturated heterocycles. The maximum Gasteiger partial charge on any atom is 0.260 e. The number of rotatable bonds is 6. The summed E-state index contributed by atoms with van der Waals surface area (Å²) in [5, 5.41) is 14.2. The lowest BCUT2D eigenvalue weighted by atomic mass is 9.94. The molecule has 2 aliphatic rings. The van der Waals surface area contributed by atoms with Gasteiger partial charge >= 0.3 is 0 Å². The Morgan fingerprint density at radius 2 is 1.94 bits per heavy atom. The van der Waals surface area contributed by atoms with Crippen molar-refractivity contribution in [1.82, 2.24) is 19.7 Å². The van der Waals surface area contributed by atoms with Crippen molar-refractivity contribution < 1.29 is 4.79 Å². The van der Waals surface area contributed by atoms with E-state index in [1.807, 2.05) is 42.9 Å². The Bertz CT molecular complexity index is 1180. The monoisotopic (exact) mass is 537 g/mol. The maximum atomic E-state index is 13.4. The molecule has 184 valence electrons. The molecule has 9 heteroatoms. The highest BCUT2D eigenvalue weighted by Gasteiger charge is 2.25. The van der Waals surface area contributed by atoms with Gasteiger partial charge in [-0.1, -0.05) is 33.6 Å². The SMILES string of the molecule is CC=NC1=C(C(=O)Nc2cc(C3CCN(C)CC3)nn2-c2ccc(C)cc2)C=NN(/C=C(\C)Br)C1. The second-order valence-corrected chi connectivity index (χ2v) is 10.3. The number of hydrogen-bond donors (Lipinski definition) is 1. The molecule has 0 spiro atoms. The third-order valence-electron chi connectivity index (χ3n) is 6.20. The molecule has 0 saturated carbocycles. The number of anilines is 1. The van der Waals surface area contributed by atoms with Crippen molar-refractivity contribution >= 4 is 40.1 Å². The summed E-state index contributed by atoms with van der Waals surface area (Å²) in [6, 6.07) is 10.2. The number of hydrazone groups is 1. The van der Waals surface area contributed by atoms with Crippen LogP contribution in [-0.4, -0.2) is 64.7 Å². The fraction of sp³-hybridized carbons (Fsp3) is 0.385. The third-order valence-corrected chi connectivity index (χ3v) is 6.40. The molecule has 2 aromatic rings. The van der Waals surface area contributed by atoms with Crippen LogP contribution in [0.2, 0.25) is 0 Å². The van der Waals surface area contributed by atoms with Crippen LogP contribution in [0.3, 0.4) is 0 Å². The van der Waals surface area contributed by atoms with Crippen LogP contribution in [0.1, 0.15) is 43.9 Å². The van der Waals surface area contributed by atoms with Gasteiger partial charge in [-0.2, -0.15) is 10.2 Å². The average Bonchev–Trinajstić information content (AvgIpc) is 3.23. The number of likely N-dealkylation sites (tertiary alicyclic amines) is 1. The smallest absolute Gasteiger partial charge is 0.260 e. The summed E-state index contributed by atoms with van der Waals surface area (Å²) in [7, 11) is 2.15. The Morgan fingerprint density at radius 3 is 2.60 bits per heavy atom. The Hall–Kier alpha value is -3.04.